The van der Waals surface area contributed by atoms with E-state index in [0.717, 1.165) is 6.08 Å². The van der Waals surface area contributed by atoms with E-state index in [4.69, 9.17) is 5.11 Å². The second-order valence-corrected chi connectivity index (χ2v) is 10.7. The van der Waals surface area contributed by atoms with E-state index in [1.165, 1.54) is 13.0 Å². The predicted octanol–water partition coefficient (Wildman–Crippen LogP) is 2.97. The van der Waals surface area contributed by atoms with Crippen LogP contribution in [0, 0.1) is 22.7 Å². The summed E-state index contributed by atoms with van der Waals surface area (Å²) in [4.78, 5) is 35.9. The number of aliphatic carboxylic acids is 1. The monoisotopic (exact) mass is 514 g/mol. The Hall–Kier alpha value is -1.71. The Morgan fingerprint density at radius 2 is 1.97 bits per heavy atom. The number of carbonyl (C=O) groups is 3. The van der Waals surface area contributed by atoms with E-state index >= 15 is 8.78 Å². The molecule has 9 heteroatoms. The van der Waals surface area contributed by atoms with Crippen molar-refractivity contribution >= 4 is 33.5 Å². The smallest absolute Gasteiger partial charge is 0.306 e. The van der Waals surface area contributed by atoms with Crippen LogP contribution in [0.3, 0.4) is 0 Å². The molecular weight excluding hydrogens is 490 g/mol. The first-order valence-electron chi connectivity index (χ1n) is 10.6. The van der Waals surface area contributed by atoms with Crippen LogP contribution in [-0.4, -0.2) is 56.9 Å². The fourth-order valence-electron chi connectivity index (χ4n) is 6.65. The van der Waals surface area contributed by atoms with Crippen LogP contribution in [0.1, 0.15) is 39.5 Å². The lowest BCUT2D eigenvalue weighted by Crippen LogP contribution is -2.68. The molecule has 4 rings (SSSR count). The quantitative estimate of drug-likeness (QED) is 0.531. The summed E-state index contributed by atoms with van der Waals surface area (Å²) in [7, 11) is 0. The van der Waals surface area contributed by atoms with Gasteiger partial charge in [0, 0.05) is 22.3 Å². The lowest BCUT2D eigenvalue weighted by Gasteiger charge is -2.62. The molecule has 0 bridgehead atoms. The number of carboxylic acids is 1. The van der Waals surface area contributed by atoms with Gasteiger partial charge in [-0.05, 0) is 59.7 Å². The van der Waals surface area contributed by atoms with Crippen molar-refractivity contribution in [3.63, 3.8) is 0 Å². The number of alkyl halides is 2. The molecule has 4 aliphatic rings. The molecule has 0 aliphatic heterocycles. The van der Waals surface area contributed by atoms with E-state index in [1.54, 1.807) is 13.0 Å². The minimum Gasteiger partial charge on any atom is -0.481 e. The minimum absolute atomic E-state index is 0.00578. The van der Waals surface area contributed by atoms with E-state index < -0.39 is 70.7 Å². The molecule has 32 heavy (non-hydrogen) atoms. The standard InChI is InChI=1S/C23H25BrF2O6/c1-21-9-18(29)23(26)12(5-15(25)13-6-16(27)14(24)8-22(13,23)2)10(21)3-4-11(21)20(32)17(28)7-19(30)31/h4,6,8,10,12,15,17-18,28-29H,3,5,7,9H2,1-2H3,(H,30,31)/t10-,12-,15?,17?,18?,21-,22-,23-/m0/s1. The van der Waals surface area contributed by atoms with Crippen LogP contribution in [0.25, 0.3) is 0 Å². The minimum atomic E-state index is -2.28. The molecule has 0 aromatic rings. The van der Waals surface area contributed by atoms with Crippen LogP contribution in [0.15, 0.2) is 33.9 Å². The van der Waals surface area contributed by atoms with Crippen molar-refractivity contribution in [2.75, 3.05) is 0 Å². The third kappa shape index (κ3) is 2.97. The summed E-state index contributed by atoms with van der Waals surface area (Å²) in [5.41, 5.74) is -4.71. The molecular formula is C23H25BrF2O6. The van der Waals surface area contributed by atoms with Crippen molar-refractivity contribution in [2.24, 2.45) is 22.7 Å². The van der Waals surface area contributed by atoms with Crippen LogP contribution in [-0.2, 0) is 14.4 Å². The van der Waals surface area contributed by atoms with E-state index in [2.05, 4.69) is 15.9 Å². The molecule has 0 heterocycles. The van der Waals surface area contributed by atoms with Crippen molar-refractivity contribution in [2.45, 2.75) is 63.6 Å². The lowest BCUT2D eigenvalue weighted by atomic mass is 9.45. The average Bonchev–Trinajstić information content (AvgIpc) is 3.02. The maximum Gasteiger partial charge on any atom is 0.306 e. The van der Waals surface area contributed by atoms with Crippen molar-refractivity contribution < 1.29 is 38.5 Å². The molecule has 0 amide bonds. The third-order valence-corrected chi connectivity index (χ3v) is 8.82. The summed E-state index contributed by atoms with van der Waals surface area (Å²) in [6.07, 6.45) is -1.83. The Kier molecular flexibility index (Phi) is 5.42. The molecule has 0 aromatic carbocycles. The molecule has 3 unspecified atom stereocenters. The van der Waals surface area contributed by atoms with Crippen LogP contribution < -0.4 is 0 Å². The Morgan fingerprint density at radius 3 is 2.59 bits per heavy atom. The van der Waals surface area contributed by atoms with Crippen molar-refractivity contribution in [3.05, 3.63) is 33.9 Å². The summed E-state index contributed by atoms with van der Waals surface area (Å²) >= 11 is 3.13. The molecule has 2 saturated carbocycles. The maximum absolute atomic E-state index is 17.0. The fraction of sp³-hybridized carbons (Fsp3) is 0.609. The molecule has 4 aliphatic carbocycles. The molecule has 174 valence electrons. The normalized spacial score (nSPS) is 43.8. The van der Waals surface area contributed by atoms with Gasteiger partial charge < -0.3 is 15.3 Å². The number of allylic oxidation sites excluding steroid dienone is 5. The summed E-state index contributed by atoms with van der Waals surface area (Å²) in [5, 5.41) is 30.1. The SMILES string of the molecule is C[C@]12C=C(Br)C(=O)C=C1C(F)C[C@H]1[C@@H]3CC=C(C(=O)C(O)CC(=O)O)[C@@]3(C)CC(O)[C@@]12F. The number of halogens is 3. The molecule has 6 nitrogen and oxygen atoms in total. The van der Waals surface area contributed by atoms with Crippen molar-refractivity contribution in [1.82, 2.24) is 0 Å². The van der Waals surface area contributed by atoms with E-state index in [1.807, 2.05) is 0 Å². The zero-order valence-corrected chi connectivity index (χ0v) is 19.2. The largest absolute Gasteiger partial charge is 0.481 e. The molecule has 0 radical (unpaired) electrons. The van der Waals surface area contributed by atoms with Gasteiger partial charge in [0.25, 0.3) is 0 Å². The molecule has 2 fully saturated rings. The van der Waals surface area contributed by atoms with Crippen LogP contribution in [0.4, 0.5) is 8.78 Å². The van der Waals surface area contributed by atoms with E-state index in [9.17, 15) is 24.6 Å². The van der Waals surface area contributed by atoms with Gasteiger partial charge in [-0.1, -0.05) is 19.1 Å². The van der Waals surface area contributed by atoms with Gasteiger partial charge in [-0.15, -0.1) is 0 Å². The predicted molar refractivity (Wildman–Crippen MR) is 113 cm³/mol. The van der Waals surface area contributed by atoms with Gasteiger partial charge in [-0.2, -0.15) is 0 Å². The van der Waals surface area contributed by atoms with E-state index in [-0.39, 0.29) is 34.9 Å². The van der Waals surface area contributed by atoms with Gasteiger partial charge >= 0.3 is 5.97 Å². The Balaban J connectivity index is 1.75. The maximum atomic E-state index is 17.0. The molecule has 0 saturated heterocycles. The van der Waals surface area contributed by atoms with Crippen LogP contribution in [0.5, 0.6) is 0 Å². The van der Waals surface area contributed by atoms with Gasteiger partial charge in [0.1, 0.15) is 12.3 Å². The highest BCUT2D eigenvalue weighted by atomic mass is 79.9. The second kappa shape index (κ2) is 7.40. The number of fused-ring (bicyclic) bond motifs is 5. The highest BCUT2D eigenvalue weighted by molar-refractivity contribution is 9.12. The fourth-order valence-corrected chi connectivity index (χ4v) is 7.22. The van der Waals surface area contributed by atoms with Gasteiger partial charge in [-0.3, -0.25) is 14.4 Å². The van der Waals surface area contributed by atoms with Crippen LogP contribution in [0.2, 0.25) is 0 Å². The van der Waals surface area contributed by atoms with Crippen LogP contribution >= 0.6 is 15.9 Å². The highest BCUT2D eigenvalue weighted by Crippen LogP contribution is 2.68. The third-order valence-electron chi connectivity index (χ3n) is 8.20. The van der Waals surface area contributed by atoms with E-state index in [0.29, 0.717) is 0 Å². The topological polar surface area (TPSA) is 112 Å². The average molecular weight is 515 g/mol. The summed E-state index contributed by atoms with van der Waals surface area (Å²) in [6.45, 7) is 3.17. The number of rotatable bonds is 4. The van der Waals surface area contributed by atoms with Gasteiger partial charge in [-0.25, -0.2) is 8.78 Å². The number of carboxylic acid groups (broad SMARTS) is 1. The Labute approximate surface area is 192 Å². The Bertz CT molecular complexity index is 1000. The zero-order valence-electron chi connectivity index (χ0n) is 17.6. The number of aliphatic hydroxyl groups excluding tert-OH is 2. The number of aliphatic hydroxyl groups is 2. The lowest BCUT2D eigenvalue weighted by molar-refractivity contribution is -0.193. The zero-order chi connectivity index (χ0) is 23.8. The molecule has 0 spiro atoms. The first kappa shape index (κ1) is 23.4. The molecule has 8 atom stereocenters. The first-order valence-corrected chi connectivity index (χ1v) is 11.4. The highest BCUT2D eigenvalue weighted by Gasteiger charge is 2.71. The van der Waals surface area contributed by atoms with Crippen molar-refractivity contribution in [1.29, 1.82) is 0 Å². The number of hydrogen-bond acceptors (Lipinski definition) is 5. The van der Waals surface area contributed by atoms with Gasteiger partial charge in [0.15, 0.2) is 17.2 Å². The number of ketones is 2. The first-order chi connectivity index (χ1) is 14.8. The summed E-state index contributed by atoms with van der Waals surface area (Å²) in [5.74, 6) is -4.05. The van der Waals surface area contributed by atoms with Crippen molar-refractivity contribution in [3.8, 4) is 0 Å². The summed E-state index contributed by atoms with van der Waals surface area (Å²) < 4.78 is 32.4. The number of hydrogen-bond donors (Lipinski definition) is 3. The van der Waals surface area contributed by atoms with Gasteiger partial charge in [0.05, 0.1) is 17.0 Å². The number of Topliss-reactive ketones (excluding diaryl/α,β-unsaturated/α-hetero) is 1. The van der Waals surface area contributed by atoms with Gasteiger partial charge in [0.2, 0.25) is 0 Å². The number of carbonyl (C=O) groups excluding carboxylic acids is 2. The summed E-state index contributed by atoms with van der Waals surface area (Å²) in [6, 6.07) is 0. The Morgan fingerprint density at radius 1 is 1.31 bits per heavy atom. The molecule has 3 N–H and O–H groups in total. The molecule has 0 aromatic heterocycles. The second-order valence-electron chi connectivity index (χ2n) is 9.81.